The van der Waals surface area contributed by atoms with E-state index >= 15 is 0 Å². The van der Waals surface area contributed by atoms with Gasteiger partial charge in [0.05, 0.1) is 0 Å². The van der Waals surface area contributed by atoms with Crippen LogP contribution in [0.3, 0.4) is 0 Å². The van der Waals surface area contributed by atoms with Crippen molar-refractivity contribution < 1.29 is 4.79 Å². The van der Waals surface area contributed by atoms with E-state index in [1.165, 1.54) is 12.8 Å². The minimum atomic E-state index is 0.348. The number of likely N-dealkylation sites (N-methyl/N-ethyl adjacent to an activating group) is 1. The third-order valence-electron chi connectivity index (χ3n) is 3.98. The Labute approximate surface area is 92.4 Å². The summed E-state index contributed by atoms with van der Waals surface area (Å²) in [6, 6.07) is 0.518. The molecule has 0 spiro atoms. The van der Waals surface area contributed by atoms with Gasteiger partial charge in [-0.25, -0.2) is 0 Å². The third-order valence-corrected chi connectivity index (χ3v) is 3.98. The minimum absolute atomic E-state index is 0.348. The van der Waals surface area contributed by atoms with Gasteiger partial charge in [-0.1, -0.05) is 12.8 Å². The number of hydrogen-bond donors (Lipinski definition) is 0. The molecular weight excluding hydrogens is 188 g/mol. The Morgan fingerprint density at radius 3 is 2.47 bits per heavy atom. The Balaban J connectivity index is 1.90. The van der Waals surface area contributed by atoms with Crippen molar-refractivity contribution in [1.82, 2.24) is 9.80 Å². The number of hydrogen-bond acceptors (Lipinski definition) is 2. The lowest BCUT2D eigenvalue weighted by Crippen LogP contribution is -2.53. The molecule has 3 nitrogen and oxygen atoms in total. The molecule has 1 unspecified atom stereocenters. The van der Waals surface area contributed by atoms with Crippen LogP contribution in [0, 0.1) is 5.92 Å². The molecule has 3 heteroatoms. The van der Waals surface area contributed by atoms with Crippen molar-refractivity contribution in [1.29, 1.82) is 0 Å². The van der Waals surface area contributed by atoms with Gasteiger partial charge in [0.25, 0.3) is 0 Å². The molecule has 15 heavy (non-hydrogen) atoms. The molecule has 1 atom stereocenters. The molecule has 0 N–H and O–H groups in total. The van der Waals surface area contributed by atoms with Crippen molar-refractivity contribution >= 4 is 5.91 Å². The Morgan fingerprint density at radius 1 is 1.20 bits per heavy atom. The standard InChI is InChI=1S/C12H22N2O/c1-10-9-14(8-7-13(10)2)12(15)11-5-3-4-6-11/h10-11H,3-9H2,1-2H3. The maximum atomic E-state index is 12.2. The average molecular weight is 210 g/mol. The van der Waals surface area contributed by atoms with Gasteiger partial charge in [-0.3, -0.25) is 4.79 Å². The summed E-state index contributed by atoms with van der Waals surface area (Å²) in [5.41, 5.74) is 0. The quantitative estimate of drug-likeness (QED) is 0.652. The fourth-order valence-corrected chi connectivity index (χ4v) is 2.68. The SMILES string of the molecule is CC1CN(C(=O)C2CCCC2)CCN1C. The molecule has 1 heterocycles. The molecule has 0 aromatic heterocycles. The van der Waals surface area contributed by atoms with Crippen LogP contribution in [0.25, 0.3) is 0 Å². The van der Waals surface area contributed by atoms with E-state index in [1.807, 2.05) is 0 Å². The number of nitrogens with zero attached hydrogens (tertiary/aromatic N) is 2. The number of rotatable bonds is 1. The summed E-state index contributed by atoms with van der Waals surface area (Å²) >= 11 is 0. The highest BCUT2D eigenvalue weighted by atomic mass is 16.2. The molecule has 1 aliphatic heterocycles. The van der Waals surface area contributed by atoms with Gasteiger partial charge in [0, 0.05) is 31.6 Å². The fourth-order valence-electron chi connectivity index (χ4n) is 2.68. The molecule has 1 saturated carbocycles. The van der Waals surface area contributed by atoms with Crippen molar-refractivity contribution in [3.63, 3.8) is 0 Å². The van der Waals surface area contributed by atoms with Crippen LogP contribution < -0.4 is 0 Å². The Hall–Kier alpha value is -0.570. The number of carbonyl (C=O) groups is 1. The normalized spacial score (nSPS) is 29.7. The molecule has 2 fully saturated rings. The molecule has 1 saturated heterocycles. The maximum absolute atomic E-state index is 12.2. The zero-order chi connectivity index (χ0) is 10.8. The first-order chi connectivity index (χ1) is 7.18. The first-order valence-corrected chi connectivity index (χ1v) is 6.17. The molecule has 0 aromatic rings. The molecule has 0 bridgehead atoms. The number of amides is 1. The van der Waals surface area contributed by atoms with E-state index in [1.54, 1.807) is 0 Å². The van der Waals surface area contributed by atoms with Crippen LogP contribution in [0.15, 0.2) is 0 Å². The molecular formula is C12H22N2O. The van der Waals surface area contributed by atoms with Gasteiger partial charge in [-0.05, 0) is 26.8 Å². The summed E-state index contributed by atoms with van der Waals surface area (Å²) in [7, 11) is 2.14. The van der Waals surface area contributed by atoms with Crippen molar-refractivity contribution in [3.8, 4) is 0 Å². The van der Waals surface area contributed by atoms with Gasteiger partial charge in [-0.15, -0.1) is 0 Å². The third kappa shape index (κ3) is 2.33. The van der Waals surface area contributed by atoms with Gasteiger partial charge in [0.15, 0.2) is 0 Å². The summed E-state index contributed by atoms with van der Waals surface area (Å²) in [4.78, 5) is 16.6. The highest BCUT2D eigenvalue weighted by Gasteiger charge is 2.30. The van der Waals surface area contributed by atoms with Gasteiger partial charge in [0.2, 0.25) is 5.91 Å². The Kier molecular flexibility index (Phi) is 3.29. The maximum Gasteiger partial charge on any atom is 0.225 e. The van der Waals surface area contributed by atoms with Crippen molar-refractivity contribution in [2.24, 2.45) is 5.92 Å². The minimum Gasteiger partial charge on any atom is -0.340 e. The summed E-state index contributed by atoms with van der Waals surface area (Å²) < 4.78 is 0. The van der Waals surface area contributed by atoms with Crippen LogP contribution in [-0.2, 0) is 4.79 Å². The topological polar surface area (TPSA) is 23.6 Å². The molecule has 2 aliphatic rings. The molecule has 1 aliphatic carbocycles. The van der Waals surface area contributed by atoms with Crippen LogP contribution in [0.1, 0.15) is 32.6 Å². The van der Waals surface area contributed by atoms with Gasteiger partial charge >= 0.3 is 0 Å². The van der Waals surface area contributed by atoms with Crippen LogP contribution in [-0.4, -0.2) is 48.4 Å². The number of carbonyl (C=O) groups excluding carboxylic acids is 1. The van der Waals surface area contributed by atoms with E-state index in [4.69, 9.17) is 0 Å². The van der Waals surface area contributed by atoms with E-state index in [9.17, 15) is 4.79 Å². The van der Waals surface area contributed by atoms with Crippen LogP contribution >= 0.6 is 0 Å². The largest absolute Gasteiger partial charge is 0.340 e. The molecule has 0 radical (unpaired) electrons. The second kappa shape index (κ2) is 4.52. The van der Waals surface area contributed by atoms with E-state index in [0.717, 1.165) is 32.5 Å². The Bertz CT molecular complexity index is 236. The predicted octanol–water partition coefficient (Wildman–Crippen LogP) is 1.34. The van der Waals surface area contributed by atoms with E-state index in [2.05, 4.69) is 23.8 Å². The number of piperazine rings is 1. The zero-order valence-electron chi connectivity index (χ0n) is 9.91. The van der Waals surface area contributed by atoms with Gasteiger partial charge in [-0.2, -0.15) is 0 Å². The second-order valence-electron chi connectivity index (χ2n) is 5.10. The average Bonchev–Trinajstić information content (AvgIpc) is 2.74. The van der Waals surface area contributed by atoms with Crippen molar-refractivity contribution in [3.05, 3.63) is 0 Å². The van der Waals surface area contributed by atoms with Gasteiger partial charge < -0.3 is 9.80 Å². The lowest BCUT2D eigenvalue weighted by atomic mass is 10.1. The molecule has 86 valence electrons. The van der Waals surface area contributed by atoms with Gasteiger partial charge in [0.1, 0.15) is 0 Å². The lowest BCUT2D eigenvalue weighted by Gasteiger charge is -2.38. The molecule has 0 aromatic carbocycles. The Morgan fingerprint density at radius 2 is 1.87 bits per heavy atom. The second-order valence-corrected chi connectivity index (χ2v) is 5.10. The first-order valence-electron chi connectivity index (χ1n) is 6.17. The first kappa shape index (κ1) is 10.9. The summed E-state index contributed by atoms with van der Waals surface area (Å²) in [5.74, 6) is 0.771. The highest BCUT2D eigenvalue weighted by Crippen LogP contribution is 2.27. The molecule has 2 rings (SSSR count). The molecule has 1 amide bonds. The summed E-state index contributed by atoms with van der Waals surface area (Å²) in [5, 5.41) is 0. The van der Waals surface area contributed by atoms with Crippen LogP contribution in [0.5, 0.6) is 0 Å². The predicted molar refractivity (Wildman–Crippen MR) is 60.6 cm³/mol. The highest BCUT2D eigenvalue weighted by molar-refractivity contribution is 5.79. The fraction of sp³-hybridized carbons (Fsp3) is 0.917. The zero-order valence-corrected chi connectivity index (χ0v) is 9.91. The summed E-state index contributed by atoms with van der Waals surface area (Å²) in [6.45, 7) is 5.08. The van der Waals surface area contributed by atoms with Crippen LogP contribution in [0.2, 0.25) is 0 Å². The van der Waals surface area contributed by atoms with Crippen molar-refractivity contribution in [2.45, 2.75) is 38.6 Å². The van der Waals surface area contributed by atoms with Crippen molar-refractivity contribution in [2.75, 3.05) is 26.7 Å². The van der Waals surface area contributed by atoms with E-state index in [0.29, 0.717) is 17.9 Å². The van der Waals surface area contributed by atoms with E-state index in [-0.39, 0.29) is 0 Å². The lowest BCUT2D eigenvalue weighted by molar-refractivity contribution is -0.137. The van der Waals surface area contributed by atoms with E-state index < -0.39 is 0 Å². The smallest absolute Gasteiger partial charge is 0.225 e. The monoisotopic (exact) mass is 210 g/mol. The van der Waals surface area contributed by atoms with Crippen LogP contribution in [0.4, 0.5) is 0 Å². The summed E-state index contributed by atoms with van der Waals surface area (Å²) in [6.07, 6.45) is 4.75.